The Morgan fingerprint density at radius 1 is 1.06 bits per heavy atom. The van der Waals surface area contributed by atoms with Crippen LogP contribution in [0.15, 0.2) is 77.9 Å². The van der Waals surface area contributed by atoms with E-state index in [1.807, 2.05) is 36.4 Å². The minimum absolute atomic E-state index is 0.0939. The van der Waals surface area contributed by atoms with Crippen molar-refractivity contribution >= 4 is 34.2 Å². The van der Waals surface area contributed by atoms with Crippen molar-refractivity contribution in [3.63, 3.8) is 0 Å². The molecule has 0 aliphatic carbocycles. The molecular weight excluding hydrogens is 454 g/mol. The van der Waals surface area contributed by atoms with Gasteiger partial charge in [0.05, 0.1) is 11.7 Å². The van der Waals surface area contributed by atoms with Gasteiger partial charge in [0.2, 0.25) is 0 Å². The summed E-state index contributed by atoms with van der Waals surface area (Å²) in [4.78, 5) is 36.9. The molecule has 1 amide bonds. The fourth-order valence-corrected chi connectivity index (χ4v) is 3.51. The fraction of sp³-hybridized carbons (Fsp3) is 0. The molecule has 10 heteroatoms. The van der Waals surface area contributed by atoms with E-state index in [2.05, 4.69) is 25.4 Å². The van der Waals surface area contributed by atoms with Crippen LogP contribution in [0.5, 0.6) is 0 Å². The van der Waals surface area contributed by atoms with Gasteiger partial charge in [0.1, 0.15) is 23.0 Å². The zero-order valence-electron chi connectivity index (χ0n) is 17.4. The van der Waals surface area contributed by atoms with Gasteiger partial charge in [-0.2, -0.15) is 15.0 Å². The van der Waals surface area contributed by atoms with Crippen LogP contribution in [0.2, 0.25) is 5.02 Å². The van der Waals surface area contributed by atoms with Crippen molar-refractivity contribution in [2.24, 2.45) is 0 Å². The van der Waals surface area contributed by atoms with E-state index in [9.17, 15) is 14.9 Å². The lowest BCUT2D eigenvalue weighted by Gasteiger charge is -2.10. The maximum Gasteiger partial charge on any atom is 0.264 e. The van der Waals surface area contributed by atoms with Crippen LogP contribution in [0.4, 0.5) is 5.82 Å². The number of hydrogen-bond donors (Lipinski definition) is 2. The number of nitriles is 1. The largest absolute Gasteiger partial charge is 0.306 e. The van der Waals surface area contributed by atoms with Gasteiger partial charge in [-0.05, 0) is 42.5 Å². The molecule has 2 aromatic carbocycles. The van der Waals surface area contributed by atoms with E-state index < -0.39 is 11.5 Å². The van der Waals surface area contributed by atoms with E-state index in [4.69, 9.17) is 11.6 Å². The molecule has 3 heterocycles. The van der Waals surface area contributed by atoms with E-state index in [1.54, 1.807) is 30.3 Å². The maximum atomic E-state index is 12.9. The summed E-state index contributed by atoms with van der Waals surface area (Å²) < 4.78 is 1.34. The lowest BCUT2D eigenvalue weighted by atomic mass is 10.2. The summed E-state index contributed by atoms with van der Waals surface area (Å²) in [5.74, 6) is 0.0499. The predicted octanol–water partition coefficient (Wildman–Crippen LogP) is 3.95. The molecule has 0 saturated heterocycles. The van der Waals surface area contributed by atoms with Gasteiger partial charge in [0.25, 0.3) is 11.5 Å². The second-order valence-electron chi connectivity index (χ2n) is 7.23. The van der Waals surface area contributed by atoms with Gasteiger partial charge >= 0.3 is 0 Å². The number of para-hydroxylation sites is 1. The predicted molar refractivity (Wildman–Crippen MR) is 127 cm³/mol. The van der Waals surface area contributed by atoms with Crippen molar-refractivity contribution in [3.8, 4) is 23.3 Å². The number of fused-ring (bicyclic) bond motifs is 1. The van der Waals surface area contributed by atoms with Crippen molar-refractivity contribution in [1.82, 2.24) is 24.7 Å². The first-order valence-corrected chi connectivity index (χ1v) is 10.4. The molecule has 0 aliphatic heterocycles. The molecule has 5 rings (SSSR count). The van der Waals surface area contributed by atoms with E-state index in [-0.39, 0.29) is 16.9 Å². The van der Waals surface area contributed by atoms with E-state index >= 15 is 0 Å². The fourth-order valence-electron chi connectivity index (χ4n) is 3.38. The van der Waals surface area contributed by atoms with Gasteiger partial charge in [0.15, 0.2) is 11.6 Å². The summed E-state index contributed by atoms with van der Waals surface area (Å²) in [5.41, 5.74) is 0.627. The Balaban J connectivity index is 1.48. The number of benzene rings is 2. The minimum atomic E-state index is -0.740. The summed E-state index contributed by atoms with van der Waals surface area (Å²) >= 11 is 5.90. The monoisotopic (exact) mass is 467 g/mol. The Kier molecular flexibility index (Phi) is 5.33. The zero-order chi connectivity index (χ0) is 23.7. The Morgan fingerprint density at radius 2 is 1.85 bits per heavy atom. The first-order valence-electron chi connectivity index (χ1n) is 10.0. The molecule has 0 saturated carbocycles. The summed E-state index contributed by atoms with van der Waals surface area (Å²) in [6.45, 7) is 0. The third kappa shape index (κ3) is 3.90. The summed E-state index contributed by atoms with van der Waals surface area (Å²) in [6, 6.07) is 19.9. The van der Waals surface area contributed by atoms with Crippen LogP contribution in [0.3, 0.4) is 0 Å². The minimum Gasteiger partial charge on any atom is -0.306 e. The molecule has 5 aromatic rings. The van der Waals surface area contributed by atoms with Crippen molar-refractivity contribution in [2.45, 2.75) is 0 Å². The van der Waals surface area contributed by atoms with Gasteiger partial charge < -0.3 is 10.3 Å². The first-order chi connectivity index (χ1) is 16.5. The molecule has 0 aliphatic rings. The lowest BCUT2D eigenvalue weighted by molar-refractivity contribution is 0.102. The van der Waals surface area contributed by atoms with Crippen molar-refractivity contribution in [3.05, 3.63) is 99.6 Å². The number of pyridine rings is 1. The number of hydrogen-bond acceptors (Lipinski definition) is 6. The highest BCUT2D eigenvalue weighted by atomic mass is 35.5. The average molecular weight is 468 g/mol. The molecule has 0 fully saturated rings. The number of halogens is 1. The Hall–Kier alpha value is -4.81. The molecule has 0 spiro atoms. The van der Waals surface area contributed by atoms with Crippen LogP contribution >= 0.6 is 11.6 Å². The zero-order valence-corrected chi connectivity index (χ0v) is 18.1. The number of aromatic nitrogens is 5. The number of nitrogens with one attached hydrogen (secondary N) is 2. The van der Waals surface area contributed by atoms with Crippen molar-refractivity contribution in [1.29, 1.82) is 5.26 Å². The van der Waals surface area contributed by atoms with Crippen LogP contribution < -0.4 is 10.9 Å². The molecule has 0 unspecified atom stereocenters. The molecule has 0 bridgehead atoms. The summed E-state index contributed by atoms with van der Waals surface area (Å²) in [6.07, 6.45) is 2.50. The standard InChI is InChI=1S/C24H14ClN7O2/c25-17-8-5-15(6-9-17)21-27-13-18(23(33)30-21)24(34)31-22-16(11-26)12-28-32(22)20-10-7-14-3-1-2-4-19(14)29-20/h1-10,12-13H,(H,31,34)(H,27,30,33). The molecular formula is C24H14ClN7O2. The van der Waals surface area contributed by atoms with Crippen LogP contribution in [0.1, 0.15) is 15.9 Å². The third-order valence-corrected chi connectivity index (χ3v) is 5.34. The highest BCUT2D eigenvalue weighted by molar-refractivity contribution is 6.30. The number of anilines is 1. The van der Waals surface area contributed by atoms with Crippen molar-refractivity contribution in [2.75, 3.05) is 5.32 Å². The second-order valence-corrected chi connectivity index (χ2v) is 7.66. The molecule has 9 nitrogen and oxygen atoms in total. The second kappa shape index (κ2) is 8.61. The molecule has 0 radical (unpaired) electrons. The maximum absolute atomic E-state index is 12.9. The number of carbonyl (C=O) groups is 1. The summed E-state index contributed by atoms with van der Waals surface area (Å²) in [5, 5.41) is 17.8. The lowest BCUT2D eigenvalue weighted by Crippen LogP contribution is -2.25. The molecule has 2 N–H and O–H groups in total. The SMILES string of the molecule is N#Cc1cnn(-c2ccc3ccccc3n2)c1NC(=O)c1cnc(-c2ccc(Cl)cc2)[nH]c1=O. The van der Waals surface area contributed by atoms with Gasteiger partial charge in [-0.25, -0.2) is 9.97 Å². The van der Waals surface area contributed by atoms with Gasteiger partial charge in [-0.3, -0.25) is 9.59 Å². The molecule has 164 valence electrons. The number of nitrogens with zero attached hydrogens (tertiary/aromatic N) is 5. The van der Waals surface area contributed by atoms with Crippen molar-refractivity contribution < 1.29 is 4.79 Å². The van der Waals surface area contributed by atoms with Crippen LogP contribution in [-0.4, -0.2) is 30.6 Å². The smallest absolute Gasteiger partial charge is 0.264 e. The number of rotatable bonds is 4. The Labute approximate surface area is 197 Å². The normalized spacial score (nSPS) is 10.7. The first kappa shape index (κ1) is 21.1. The number of aromatic amines is 1. The van der Waals surface area contributed by atoms with Gasteiger partial charge in [0, 0.05) is 22.2 Å². The van der Waals surface area contributed by atoms with Gasteiger partial charge in [-0.1, -0.05) is 29.8 Å². The number of H-pyrrole nitrogens is 1. The molecule has 34 heavy (non-hydrogen) atoms. The number of amides is 1. The highest BCUT2D eigenvalue weighted by Crippen LogP contribution is 2.22. The van der Waals surface area contributed by atoms with Crippen LogP contribution in [-0.2, 0) is 0 Å². The van der Waals surface area contributed by atoms with Crippen LogP contribution in [0.25, 0.3) is 28.1 Å². The number of carbonyl (C=O) groups excluding carboxylic acids is 1. The van der Waals surface area contributed by atoms with Crippen LogP contribution in [0, 0.1) is 11.3 Å². The average Bonchev–Trinajstić information content (AvgIpc) is 3.26. The Bertz CT molecular complexity index is 1650. The van der Waals surface area contributed by atoms with Gasteiger partial charge in [-0.15, -0.1) is 0 Å². The third-order valence-electron chi connectivity index (χ3n) is 5.08. The van der Waals surface area contributed by atoms with E-state index in [0.717, 1.165) is 10.9 Å². The Morgan fingerprint density at radius 3 is 2.62 bits per heavy atom. The van der Waals surface area contributed by atoms with E-state index in [1.165, 1.54) is 17.1 Å². The summed E-state index contributed by atoms with van der Waals surface area (Å²) in [7, 11) is 0. The highest BCUT2D eigenvalue weighted by Gasteiger charge is 2.19. The quantitative estimate of drug-likeness (QED) is 0.411. The van der Waals surface area contributed by atoms with E-state index in [0.29, 0.717) is 22.2 Å². The molecule has 3 aromatic heterocycles. The molecule has 0 atom stereocenters. The topological polar surface area (TPSA) is 129 Å².